The number of nitrogens with zero attached hydrogens (tertiary/aromatic N) is 1. The summed E-state index contributed by atoms with van der Waals surface area (Å²) in [6.07, 6.45) is 5.67. The fourth-order valence-corrected chi connectivity index (χ4v) is 0.673. The van der Waals surface area contributed by atoms with E-state index in [-0.39, 0.29) is 5.91 Å². The van der Waals surface area contributed by atoms with Crippen molar-refractivity contribution >= 4 is 5.91 Å². The van der Waals surface area contributed by atoms with E-state index >= 15 is 0 Å². The molecule has 0 heterocycles. The lowest BCUT2D eigenvalue weighted by molar-refractivity contribution is -0.130. The third-order valence-electron chi connectivity index (χ3n) is 1.46. The Kier molecular flexibility index (Phi) is 4.32. The van der Waals surface area contributed by atoms with Crippen LogP contribution < -0.4 is 5.73 Å². The molecule has 0 aliphatic heterocycles. The van der Waals surface area contributed by atoms with Crippen molar-refractivity contribution in [1.82, 2.24) is 4.90 Å². The molecular formula is C8H14N2O. The number of carbonyl (C=O) groups excluding carboxylic acids is 1. The number of nitrogens with two attached hydrogens (primary N) is 1. The van der Waals surface area contributed by atoms with Gasteiger partial charge in [-0.1, -0.05) is 12.8 Å². The van der Waals surface area contributed by atoms with Crippen molar-refractivity contribution in [3.05, 3.63) is 0 Å². The largest absolute Gasteiger partial charge is 0.333 e. The smallest absolute Gasteiger partial charge is 0.239 e. The maximum absolute atomic E-state index is 11.2. The first-order valence-corrected chi connectivity index (χ1v) is 3.57. The van der Waals surface area contributed by atoms with Crippen LogP contribution in [0.2, 0.25) is 0 Å². The molecule has 0 aliphatic rings. The molecule has 0 bridgehead atoms. The average molecular weight is 154 g/mol. The molecule has 3 nitrogen and oxygen atoms in total. The minimum atomic E-state index is -0.409. The van der Waals surface area contributed by atoms with E-state index in [4.69, 9.17) is 12.2 Å². The zero-order valence-electron chi connectivity index (χ0n) is 7.00. The Balaban J connectivity index is 3.93. The fraction of sp³-hybridized carbons (Fsp3) is 0.625. The van der Waals surface area contributed by atoms with Gasteiger partial charge in [-0.2, -0.15) is 0 Å². The Morgan fingerprint density at radius 3 is 2.73 bits per heavy atom. The van der Waals surface area contributed by atoms with Crippen LogP contribution in [0.3, 0.4) is 0 Å². The third-order valence-corrected chi connectivity index (χ3v) is 1.46. The third kappa shape index (κ3) is 3.06. The molecule has 1 atom stereocenters. The Labute approximate surface area is 67.6 Å². The maximum Gasteiger partial charge on any atom is 0.239 e. The molecule has 0 fully saturated rings. The first-order chi connectivity index (χ1) is 5.13. The van der Waals surface area contributed by atoms with Crippen LogP contribution in [-0.4, -0.2) is 30.4 Å². The number of hydrogen-bond donors (Lipinski definition) is 1. The van der Waals surface area contributed by atoms with E-state index in [1.807, 2.05) is 6.92 Å². The summed E-state index contributed by atoms with van der Waals surface area (Å²) in [6.45, 7) is 2.19. The number of terminal acetylenes is 1. The second-order valence-electron chi connectivity index (χ2n) is 2.41. The lowest BCUT2D eigenvalue weighted by Gasteiger charge is -2.17. The summed E-state index contributed by atoms with van der Waals surface area (Å²) in [6, 6.07) is -0.409. The highest BCUT2D eigenvalue weighted by atomic mass is 16.2. The van der Waals surface area contributed by atoms with Crippen LogP contribution in [0.25, 0.3) is 0 Å². The van der Waals surface area contributed by atoms with Gasteiger partial charge in [-0.05, 0) is 6.42 Å². The van der Waals surface area contributed by atoms with Gasteiger partial charge in [0.1, 0.15) is 0 Å². The number of rotatable bonds is 3. The van der Waals surface area contributed by atoms with Crippen LogP contribution in [0.1, 0.15) is 13.3 Å². The first-order valence-electron chi connectivity index (χ1n) is 3.57. The number of hydrogen-bond acceptors (Lipinski definition) is 2. The molecule has 0 radical (unpaired) electrons. The van der Waals surface area contributed by atoms with Crippen molar-refractivity contribution in [3.63, 3.8) is 0 Å². The Hall–Kier alpha value is -1.01. The van der Waals surface area contributed by atoms with Crippen LogP contribution in [0.15, 0.2) is 0 Å². The lowest BCUT2D eigenvalue weighted by atomic mass is 10.2. The van der Waals surface area contributed by atoms with Gasteiger partial charge in [-0.3, -0.25) is 4.79 Å². The summed E-state index contributed by atoms with van der Waals surface area (Å²) in [5.74, 6) is 2.28. The molecule has 0 aromatic rings. The first kappa shape index (κ1) is 9.99. The molecule has 11 heavy (non-hydrogen) atoms. The summed E-state index contributed by atoms with van der Waals surface area (Å²) in [7, 11) is 1.65. The molecule has 0 spiro atoms. The summed E-state index contributed by atoms with van der Waals surface area (Å²) in [5.41, 5.74) is 5.49. The molecule has 0 aromatic heterocycles. The summed E-state index contributed by atoms with van der Waals surface area (Å²) < 4.78 is 0. The SMILES string of the molecule is C#CCN(C)C(=O)[C@@H](N)CC. The van der Waals surface area contributed by atoms with E-state index in [1.165, 1.54) is 4.90 Å². The fourth-order valence-electron chi connectivity index (χ4n) is 0.673. The summed E-state index contributed by atoms with van der Waals surface area (Å²) >= 11 is 0. The normalized spacial score (nSPS) is 11.8. The average Bonchev–Trinajstić information content (AvgIpc) is 2.02. The highest BCUT2D eigenvalue weighted by molar-refractivity contribution is 5.81. The number of carbonyl (C=O) groups is 1. The van der Waals surface area contributed by atoms with E-state index in [2.05, 4.69) is 5.92 Å². The van der Waals surface area contributed by atoms with Gasteiger partial charge in [0.2, 0.25) is 5.91 Å². The van der Waals surface area contributed by atoms with Crippen LogP contribution >= 0.6 is 0 Å². The Morgan fingerprint density at radius 2 is 2.36 bits per heavy atom. The maximum atomic E-state index is 11.2. The molecular weight excluding hydrogens is 140 g/mol. The van der Waals surface area contributed by atoms with E-state index in [1.54, 1.807) is 7.05 Å². The quantitative estimate of drug-likeness (QED) is 0.573. The van der Waals surface area contributed by atoms with E-state index in [0.717, 1.165) is 0 Å². The molecule has 1 amide bonds. The zero-order chi connectivity index (χ0) is 8.85. The van der Waals surface area contributed by atoms with Gasteiger partial charge in [-0.25, -0.2) is 0 Å². The van der Waals surface area contributed by atoms with Gasteiger partial charge < -0.3 is 10.6 Å². The molecule has 0 saturated heterocycles. The van der Waals surface area contributed by atoms with Crippen molar-refractivity contribution in [2.75, 3.05) is 13.6 Å². The van der Waals surface area contributed by atoms with E-state index < -0.39 is 6.04 Å². The number of likely N-dealkylation sites (N-methyl/N-ethyl adjacent to an activating group) is 1. The van der Waals surface area contributed by atoms with Crippen molar-refractivity contribution in [3.8, 4) is 12.3 Å². The topological polar surface area (TPSA) is 46.3 Å². The highest BCUT2D eigenvalue weighted by Crippen LogP contribution is 1.92. The summed E-state index contributed by atoms with van der Waals surface area (Å²) in [5, 5.41) is 0. The second kappa shape index (κ2) is 4.75. The molecule has 2 N–H and O–H groups in total. The highest BCUT2D eigenvalue weighted by Gasteiger charge is 2.14. The van der Waals surface area contributed by atoms with Gasteiger partial charge in [0.05, 0.1) is 12.6 Å². The predicted molar refractivity (Wildman–Crippen MR) is 44.7 cm³/mol. The molecule has 0 rings (SSSR count). The molecule has 3 heteroatoms. The van der Waals surface area contributed by atoms with E-state index in [0.29, 0.717) is 13.0 Å². The van der Waals surface area contributed by atoms with Crippen LogP contribution in [-0.2, 0) is 4.79 Å². The van der Waals surface area contributed by atoms with Crippen LogP contribution in [0.4, 0.5) is 0 Å². The van der Waals surface area contributed by atoms with Gasteiger partial charge in [0.25, 0.3) is 0 Å². The van der Waals surface area contributed by atoms with Gasteiger partial charge >= 0.3 is 0 Å². The molecule has 62 valence electrons. The van der Waals surface area contributed by atoms with E-state index in [9.17, 15) is 4.79 Å². The van der Waals surface area contributed by atoms with Gasteiger partial charge in [0, 0.05) is 7.05 Å². The monoisotopic (exact) mass is 154 g/mol. The minimum Gasteiger partial charge on any atom is -0.333 e. The van der Waals surface area contributed by atoms with Crippen molar-refractivity contribution in [2.45, 2.75) is 19.4 Å². The number of amides is 1. The molecule has 0 saturated carbocycles. The molecule has 0 aliphatic carbocycles. The van der Waals surface area contributed by atoms with Crippen LogP contribution in [0, 0.1) is 12.3 Å². The Morgan fingerprint density at radius 1 is 1.82 bits per heavy atom. The lowest BCUT2D eigenvalue weighted by Crippen LogP contribution is -2.41. The second-order valence-corrected chi connectivity index (χ2v) is 2.41. The zero-order valence-corrected chi connectivity index (χ0v) is 7.00. The van der Waals surface area contributed by atoms with Gasteiger partial charge in [-0.15, -0.1) is 6.42 Å². The van der Waals surface area contributed by atoms with Gasteiger partial charge in [0.15, 0.2) is 0 Å². The molecule has 0 unspecified atom stereocenters. The summed E-state index contributed by atoms with van der Waals surface area (Å²) in [4.78, 5) is 12.6. The minimum absolute atomic E-state index is 0.0922. The van der Waals surface area contributed by atoms with Crippen molar-refractivity contribution in [2.24, 2.45) is 5.73 Å². The van der Waals surface area contributed by atoms with Crippen molar-refractivity contribution in [1.29, 1.82) is 0 Å². The Bertz CT molecular complexity index is 171. The molecule has 0 aromatic carbocycles. The predicted octanol–water partition coefficient (Wildman–Crippen LogP) is -0.185. The van der Waals surface area contributed by atoms with Crippen molar-refractivity contribution < 1.29 is 4.79 Å². The van der Waals surface area contributed by atoms with Crippen LogP contribution in [0.5, 0.6) is 0 Å². The standard InChI is InChI=1S/C8H14N2O/c1-4-6-10(3)8(11)7(9)5-2/h1,7H,5-6,9H2,2-3H3/t7-/m0/s1.